The zero-order valence-corrected chi connectivity index (χ0v) is 36.5. The molecule has 2 fully saturated rings. The van der Waals surface area contributed by atoms with Crippen LogP contribution in [-0.2, 0) is 5.41 Å². The van der Waals surface area contributed by atoms with Gasteiger partial charge >= 0.3 is 0 Å². The second-order valence-electron chi connectivity index (χ2n) is 22.4. The summed E-state index contributed by atoms with van der Waals surface area (Å²) < 4.78 is 0. The molecule has 2 saturated heterocycles. The first-order valence-electron chi connectivity index (χ1n) is 20.0. The first kappa shape index (κ1) is 42.9. The molecular formula is C42H82N8. The van der Waals surface area contributed by atoms with Gasteiger partial charge in [0.15, 0.2) is 0 Å². The van der Waals surface area contributed by atoms with E-state index in [0.29, 0.717) is 18.0 Å². The van der Waals surface area contributed by atoms with Crippen LogP contribution in [0.1, 0.15) is 189 Å². The second kappa shape index (κ2) is 14.7. The Morgan fingerprint density at radius 2 is 1.04 bits per heavy atom. The Morgan fingerprint density at radius 3 is 1.46 bits per heavy atom. The Balaban J connectivity index is 1.84. The van der Waals surface area contributed by atoms with E-state index in [4.69, 9.17) is 15.0 Å². The molecule has 0 aliphatic carbocycles. The Kier molecular flexibility index (Phi) is 12.6. The fourth-order valence-electron chi connectivity index (χ4n) is 8.76. The van der Waals surface area contributed by atoms with Crippen molar-refractivity contribution in [1.29, 1.82) is 0 Å². The van der Waals surface area contributed by atoms with Crippen LogP contribution in [0.5, 0.6) is 0 Å². The third-order valence-corrected chi connectivity index (χ3v) is 11.5. The number of hydrogen-bond donors (Lipinski definition) is 3. The van der Waals surface area contributed by atoms with Crippen molar-refractivity contribution < 1.29 is 0 Å². The summed E-state index contributed by atoms with van der Waals surface area (Å²) in [5.41, 5.74) is 0.112. The van der Waals surface area contributed by atoms with Crippen LogP contribution in [0.3, 0.4) is 0 Å². The molecule has 50 heavy (non-hydrogen) atoms. The standard InChI is InChI=1S/C42H82N8/c1-35(2,3)32-43-33(46-42(18,19)36(4,5)6)45-34(44-32)49(30-26-38(10,11)47-39(12,13)27-30)24-22-20-21-23-25-50(37(7,8)9)31-28-40(14,15)48-41(16,17)29-31/h30-31,47-48H,20-29H2,1-19H3,(H,43,44,45,46). The average Bonchev–Trinajstić information content (AvgIpc) is 2.84. The van der Waals surface area contributed by atoms with Gasteiger partial charge in [-0.3, -0.25) is 4.90 Å². The molecule has 1 aromatic rings. The number of anilines is 2. The van der Waals surface area contributed by atoms with Crippen molar-refractivity contribution in [1.82, 2.24) is 30.5 Å². The van der Waals surface area contributed by atoms with Gasteiger partial charge in [-0.2, -0.15) is 15.0 Å². The van der Waals surface area contributed by atoms with Gasteiger partial charge in [-0.15, -0.1) is 0 Å². The highest BCUT2D eigenvalue weighted by Crippen LogP contribution is 2.37. The Bertz CT molecular complexity index is 1230. The first-order chi connectivity index (χ1) is 22.3. The van der Waals surface area contributed by atoms with E-state index >= 15 is 0 Å². The molecule has 0 unspecified atom stereocenters. The fourth-order valence-corrected chi connectivity index (χ4v) is 8.76. The van der Waals surface area contributed by atoms with Gasteiger partial charge in [-0.25, -0.2) is 0 Å². The van der Waals surface area contributed by atoms with Crippen molar-refractivity contribution >= 4 is 11.9 Å². The van der Waals surface area contributed by atoms with Crippen LogP contribution in [0, 0.1) is 5.41 Å². The third-order valence-electron chi connectivity index (χ3n) is 11.5. The van der Waals surface area contributed by atoms with Crippen LogP contribution < -0.4 is 20.9 Å². The lowest BCUT2D eigenvalue weighted by molar-refractivity contribution is 0.0111. The van der Waals surface area contributed by atoms with Crippen molar-refractivity contribution in [2.45, 2.75) is 234 Å². The van der Waals surface area contributed by atoms with Crippen LogP contribution in [0.25, 0.3) is 0 Å². The summed E-state index contributed by atoms with van der Waals surface area (Å²) >= 11 is 0. The number of unbranched alkanes of at least 4 members (excludes halogenated alkanes) is 3. The quantitative estimate of drug-likeness (QED) is 0.186. The van der Waals surface area contributed by atoms with Gasteiger partial charge in [-0.05, 0) is 140 Å². The molecule has 3 heterocycles. The lowest BCUT2D eigenvalue weighted by Gasteiger charge is -2.53. The van der Waals surface area contributed by atoms with E-state index in [2.05, 4.69) is 157 Å². The topological polar surface area (TPSA) is 81.2 Å². The van der Waals surface area contributed by atoms with Gasteiger partial charge in [0, 0.05) is 57.3 Å². The molecule has 0 radical (unpaired) electrons. The zero-order valence-electron chi connectivity index (χ0n) is 36.5. The van der Waals surface area contributed by atoms with Gasteiger partial charge in [0.1, 0.15) is 5.82 Å². The molecule has 290 valence electrons. The zero-order chi connectivity index (χ0) is 38.4. The molecule has 1 aromatic heterocycles. The maximum absolute atomic E-state index is 5.24. The largest absolute Gasteiger partial charge is 0.349 e. The highest BCUT2D eigenvalue weighted by molar-refractivity contribution is 5.41. The molecule has 8 heteroatoms. The number of rotatable bonds is 12. The van der Waals surface area contributed by atoms with Crippen molar-refractivity contribution in [2.75, 3.05) is 23.3 Å². The summed E-state index contributed by atoms with van der Waals surface area (Å²) in [6.07, 6.45) is 9.27. The molecule has 3 rings (SSSR count). The molecule has 0 amide bonds. The average molecular weight is 699 g/mol. The van der Waals surface area contributed by atoms with E-state index in [1.807, 2.05) is 0 Å². The van der Waals surface area contributed by atoms with E-state index in [1.165, 1.54) is 32.1 Å². The molecule has 0 atom stereocenters. The van der Waals surface area contributed by atoms with Gasteiger partial charge < -0.3 is 20.9 Å². The monoisotopic (exact) mass is 699 g/mol. The Hall–Kier alpha value is -1.51. The molecule has 0 spiro atoms. The predicted octanol–water partition coefficient (Wildman–Crippen LogP) is 9.49. The van der Waals surface area contributed by atoms with Crippen LogP contribution >= 0.6 is 0 Å². The molecule has 8 nitrogen and oxygen atoms in total. The third kappa shape index (κ3) is 12.0. The number of piperidine rings is 2. The van der Waals surface area contributed by atoms with Gasteiger partial charge in [0.05, 0.1) is 0 Å². The predicted molar refractivity (Wildman–Crippen MR) is 217 cm³/mol. The highest BCUT2D eigenvalue weighted by atomic mass is 15.3. The molecule has 2 aliphatic heterocycles. The van der Waals surface area contributed by atoms with Crippen LogP contribution in [0.4, 0.5) is 11.9 Å². The molecule has 0 aromatic carbocycles. The fraction of sp³-hybridized carbons (Fsp3) is 0.929. The normalized spacial score (nSPS) is 21.8. The summed E-state index contributed by atoms with van der Waals surface area (Å²) in [5.74, 6) is 2.35. The molecule has 0 bridgehead atoms. The van der Waals surface area contributed by atoms with Crippen LogP contribution in [-0.4, -0.2) is 78.3 Å². The van der Waals surface area contributed by atoms with E-state index in [1.54, 1.807) is 0 Å². The highest BCUT2D eigenvalue weighted by Gasteiger charge is 2.43. The number of aromatic nitrogens is 3. The summed E-state index contributed by atoms with van der Waals surface area (Å²) in [6, 6.07) is 0.929. The van der Waals surface area contributed by atoms with E-state index in [9.17, 15) is 0 Å². The number of nitrogens with one attached hydrogen (secondary N) is 3. The van der Waals surface area contributed by atoms with Crippen molar-refractivity contribution in [3.05, 3.63) is 5.82 Å². The molecular weight excluding hydrogens is 617 g/mol. The first-order valence-corrected chi connectivity index (χ1v) is 20.0. The Labute approximate surface area is 309 Å². The lowest BCUT2D eigenvalue weighted by atomic mass is 9.76. The SMILES string of the molecule is CC1(C)CC(N(CCCCCCN(C2CC(C)(C)NC(C)(C)C2)C(C)(C)C)c2nc(NC(C)(C)C(C)(C)C)nc(C(C)(C)C)n2)CC(C)(C)N1. The molecule has 0 saturated carbocycles. The molecule has 2 aliphatic rings. The lowest BCUT2D eigenvalue weighted by Crippen LogP contribution is -2.64. The van der Waals surface area contributed by atoms with E-state index < -0.39 is 0 Å². The summed E-state index contributed by atoms with van der Waals surface area (Å²) in [7, 11) is 0. The smallest absolute Gasteiger partial charge is 0.230 e. The van der Waals surface area contributed by atoms with Gasteiger partial charge in [0.2, 0.25) is 11.9 Å². The maximum atomic E-state index is 5.24. The summed E-state index contributed by atoms with van der Waals surface area (Å²) in [6.45, 7) is 46.1. The van der Waals surface area contributed by atoms with Crippen LogP contribution in [0.2, 0.25) is 0 Å². The van der Waals surface area contributed by atoms with Crippen molar-refractivity contribution in [2.24, 2.45) is 5.41 Å². The molecule has 3 N–H and O–H groups in total. The summed E-state index contributed by atoms with van der Waals surface area (Å²) in [5, 5.41) is 11.5. The summed E-state index contributed by atoms with van der Waals surface area (Å²) in [4.78, 5) is 20.8. The van der Waals surface area contributed by atoms with E-state index in [-0.39, 0.29) is 44.1 Å². The number of nitrogens with zero attached hydrogens (tertiary/aromatic N) is 5. The van der Waals surface area contributed by atoms with E-state index in [0.717, 1.165) is 44.1 Å². The second-order valence-corrected chi connectivity index (χ2v) is 22.4. The minimum atomic E-state index is -0.203. The van der Waals surface area contributed by atoms with Crippen LogP contribution in [0.15, 0.2) is 0 Å². The number of hydrogen-bond acceptors (Lipinski definition) is 8. The van der Waals surface area contributed by atoms with Gasteiger partial charge in [0.25, 0.3) is 0 Å². The van der Waals surface area contributed by atoms with Crippen molar-refractivity contribution in [3.8, 4) is 0 Å². The Morgan fingerprint density at radius 1 is 0.600 bits per heavy atom. The minimum absolute atomic E-state index is 0.0211. The van der Waals surface area contributed by atoms with Gasteiger partial charge in [-0.1, -0.05) is 54.4 Å². The minimum Gasteiger partial charge on any atom is -0.349 e. The van der Waals surface area contributed by atoms with Crippen molar-refractivity contribution in [3.63, 3.8) is 0 Å². The maximum Gasteiger partial charge on any atom is 0.230 e.